The van der Waals surface area contributed by atoms with Crippen molar-refractivity contribution < 1.29 is 24.1 Å². The number of rotatable bonds is 7. The molecule has 1 unspecified atom stereocenters. The summed E-state index contributed by atoms with van der Waals surface area (Å²) in [6.45, 7) is 1.40. The van der Waals surface area contributed by atoms with Crippen LogP contribution in [-0.4, -0.2) is 50.4 Å². The van der Waals surface area contributed by atoms with Gasteiger partial charge in [0.1, 0.15) is 5.75 Å². The summed E-state index contributed by atoms with van der Waals surface area (Å²) in [5.41, 5.74) is 2.10. The number of carbonyl (C=O) groups is 1. The Morgan fingerprint density at radius 1 is 1.00 bits per heavy atom. The first kappa shape index (κ1) is 20.0. The molecule has 0 saturated carbocycles. The van der Waals surface area contributed by atoms with Crippen LogP contribution in [0.15, 0.2) is 42.5 Å². The Balaban J connectivity index is 2.01. The van der Waals surface area contributed by atoms with E-state index in [2.05, 4.69) is 4.90 Å². The van der Waals surface area contributed by atoms with Gasteiger partial charge in [0, 0.05) is 5.56 Å². The van der Waals surface area contributed by atoms with Crippen LogP contribution in [0.2, 0.25) is 0 Å². The highest BCUT2D eigenvalue weighted by Crippen LogP contribution is 2.41. The fourth-order valence-corrected chi connectivity index (χ4v) is 3.91. The van der Waals surface area contributed by atoms with E-state index in [9.17, 15) is 9.90 Å². The van der Waals surface area contributed by atoms with E-state index in [0.29, 0.717) is 37.4 Å². The minimum atomic E-state index is -0.709. The van der Waals surface area contributed by atoms with Crippen LogP contribution in [0, 0.1) is 5.92 Å². The average molecular weight is 385 g/mol. The van der Waals surface area contributed by atoms with Gasteiger partial charge in [-0.1, -0.05) is 24.3 Å². The molecule has 1 saturated heterocycles. The third-order valence-corrected chi connectivity index (χ3v) is 5.40. The van der Waals surface area contributed by atoms with Crippen molar-refractivity contribution in [3.8, 4) is 17.2 Å². The first-order valence-corrected chi connectivity index (χ1v) is 9.40. The van der Waals surface area contributed by atoms with Gasteiger partial charge >= 0.3 is 5.97 Å². The molecular weight excluding hydrogens is 358 g/mol. The van der Waals surface area contributed by atoms with Crippen LogP contribution in [-0.2, 0) is 4.79 Å². The number of likely N-dealkylation sites (tertiary alicyclic amines) is 1. The first-order valence-electron chi connectivity index (χ1n) is 9.40. The van der Waals surface area contributed by atoms with E-state index in [0.717, 1.165) is 16.9 Å². The van der Waals surface area contributed by atoms with Crippen molar-refractivity contribution in [3.63, 3.8) is 0 Å². The van der Waals surface area contributed by atoms with Crippen molar-refractivity contribution in [1.82, 2.24) is 4.90 Å². The second-order valence-corrected chi connectivity index (χ2v) is 6.91. The summed E-state index contributed by atoms with van der Waals surface area (Å²) in [7, 11) is 4.92. The second kappa shape index (κ2) is 8.97. The SMILES string of the molecule is COc1ccc(C(c2cccc(OC)c2OC)N2CCC(C(=O)O)CC2)cc1. The molecule has 2 aromatic rings. The molecule has 1 aliphatic heterocycles. The van der Waals surface area contributed by atoms with Crippen molar-refractivity contribution >= 4 is 5.97 Å². The molecule has 6 heteroatoms. The quantitative estimate of drug-likeness (QED) is 0.785. The van der Waals surface area contributed by atoms with E-state index in [4.69, 9.17) is 14.2 Å². The Morgan fingerprint density at radius 2 is 1.68 bits per heavy atom. The van der Waals surface area contributed by atoms with Crippen LogP contribution in [0.4, 0.5) is 0 Å². The summed E-state index contributed by atoms with van der Waals surface area (Å²) in [5, 5.41) is 9.34. The molecule has 0 bridgehead atoms. The van der Waals surface area contributed by atoms with Crippen molar-refractivity contribution in [2.75, 3.05) is 34.4 Å². The topological polar surface area (TPSA) is 68.2 Å². The van der Waals surface area contributed by atoms with Gasteiger partial charge in [0.2, 0.25) is 0 Å². The molecule has 28 heavy (non-hydrogen) atoms. The maximum atomic E-state index is 11.4. The molecular formula is C22H27NO5. The summed E-state index contributed by atoms with van der Waals surface area (Å²) in [4.78, 5) is 13.7. The second-order valence-electron chi connectivity index (χ2n) is 6.91. The first-order chi connectivity index (χ1) is 13.6. The van der Waals surface area contributed by atoms with Gasteiger partial charge < -0.3 is 19.3 Å². The summed E-state index contributed by atoms with van der Waals surface area (Å²) >= 11 is 0. The lowest BCUT2D eigenvalue weighted by Crippen LogP contribution is -2.39. The lowest BCUT2D eigenvalue weighted by atomic mass is 9.90. The number of methoxy groups -OCH3 is 3. The predicted molar refractivity (Wildman–Crippen MR) is 106 cm³/mol. The molecule has 150 valence electrons. The third-order valence-electron chi connectivity index (χ3n) is 5.40. The molecule has 0 spiro atoms. The summed E-state index contributed by atoms with van der Waals surface area (Å²) < 4.78 is 16.5. The van der Waals surface area contributed by atoms with Crippen molar-refractivity contribution in [2.45, 2.75) is 18.9 Å². The zero-order chi connectivity index (χ0) is 20.1. The summed E-state index contributed by atoms with van der Waals surface area (Å²) in [5.74, 6) is 1.19. The number of aliphatic carboxylic acids is 1. The van der Waals surface area contributed by atoms with Crippen molar-refractivity contribution in [2.24, 2.45) is 5.92 Å². The number of para-hydroxylation sites is 1. The van der Waals surface area contributed by atoms with E-state index in [-0.39, 0.29) is 12.0 Å². The van der Waals surface area contributed by atoms with Gasteiger partial charge in [0.25, 0.3) is 0 Å². The van der Waals surface area contributed by atoms with E-state index in [1.54, 1.807) is 21.3 Å². The van der Waals surface area contributed by atoms with E-state index >= 15 is 0 Å². The molecule has 0 aromatic heterocycles. The maximum Gasteiger partial charge on any atom is 0.306 e. The highest BCUT2D eigenvalue weighted by Gasteiger charge is 2.32. The number of nitrogens with zero attached hydrogens (tertiary/aromatic N) is 1. The lowest BCUT2D eigenvalue weighted by Gasteiger charge is -2.37. The van der Waals surface area contributed by atoms with Crippen LogP contribution < -0.4 is 14.2 Å². The van der Waals surface area contributed by atoms with E-state index < -0.39 is 5.97 Å². The molecule has 0 amide bonds. The Labute approximate surface area is 165 Å². The smallest absolute Gasteiger partial charge is 0.306 e. The molecule has 3 rings (SSSR count). The molecule has 1 atom stereocenters. The molecule has 1 N–H and O–H groups in total. The van der Waals surface area contributed by atoms with Gasteiger partial charge in [0.05, 0.1) is 33.3 Å². The van der Waals surface area contributed by atoms with Crippen LogP contribution in [0.5, 0.6) is 17.2 Å². The molecule has 0 radical (unpaired) electrons. The van der Waals surface area contributed by atoms with Gasteiger partial charge in [0.15, 0.2) is 11.5 Å². The minimum absolute atomic E-state index is 0.0642. The van der Waals surface area contributed by atoms with Crippen LogP contribution in [0.3, 0.4) is 0 Å². The third kappa shape index (κ3) is 4.07. The van der Waals surface area contributed by atoms with Crippen LogP contribution in [0.25, 0.3) is 0 Å². The van der Waals surface area contributed by atoms with Gasteiger partial charge in [-0.3, -0.25) is 9.69 Å². The molecule has 0 aliphatic carbocycles. The number of hydrogen-bond donors (Lipinski definition) is 1. The Morgan fingerprint density at radius 3 is 2.21 bits per heavy atom. The van der Waals surface area contributed by atoms with Crippen LogP contribution >= 0.6 is 0 Å². The lowest BCUT2D eigenvalue weighted by molar-refractivity contribution is -0.143. The normalized spacial score (nSPS) is 16.4. The molecule has 2 aromatic carbocycles. The summed E-state index contributed by atoms with van der Waals surface area (Å²) in [6.07, 6.45) is 1.27. The number of piperidine rings is 1. The largest absolute Gasteiger partial charge is 0.497 e. The van der Waals surface area contributed by atoms with E-state index in [1.165, 1.54) is 0 Å². The zero-order valence-electron chi connectivity index (χ0n) is 16.6. The highest BCUT2D eigenvalue weighted by molar-refractivity contribution is 5.70. The van der Waals surface area contributed by atoms with Crippen molar-refractivity contribution in [3.05, 3.63) is 53.6 Å². The maximum absolute atomic E-state index is 11.4. The van der Waals surface area contributed by atoms with Crippen LogP contribution in [0.1, 0.15) is 30.0 Å². The van der Waals surface area contributed by atoms with Gasteiger partial charge in [-0.2, -0.15) is 0 Å². The molecule has 1 fully saturated rings. The Bertz CT molecular complexity index is 797. The standard InChI is InChI=1S/C22H27NO5/c1-26-17-9-7-15(8-10-17)20(23-13-11-16(12-14-23)22(24)25)18-5-4-6-19(27-2)21(18)28-3/h4-10,16,20H,11-14H2,1-3H3,(H,24,25). The van der Waals surface area contributed by atoms with Gasteiger partial charge in [-0.25, -0.2) is 0 Å². The highest BCUT2D eigenvalue weighted by atomic mass is 16.5. The predicted octanol–water partition coefficient (Wildman–Crippen LogP) is 3.60. The van der Waals surface area contributed by atoms with Gasteiger partial charge in [-0.05, 0) is 49.7 Å². The fraction of sp³-hybridized carbons (Fsp3) is 0.409. The molecule has 6 nitrogen and oxygen atoms in total. The average Bonchev–Trinajstić information content (AvgIpc) is 2.74. The summed E-state index contributed by atoms with van der Waals surface area (Å²) in [6, 6.07) is 13.8. The Kier molecular flexibility index (Phi) is 6.41. The number of carboxylic acids is 1. The number of carboxylic acid groups (broad SMARTS) is 1. The van der Waals surface area contributed by atoms with Gasteiger partial charge in [-0.15, -0.1) is 0 Å². The molecule has 1 heterocycles. The number of ether oxygens (including phenoxy) is 3. The van der Waals surface area contributed by atoms with Crippen molar-refractivity contribution in [1.29, 1.82) is 0 Å². The number of hydrogen-bond acceptors (Lipinski definition) is 5. The number of benzene rings is 2. The monoisotopic (exact) mass is 385 g/mol. The molecule has 1 aliphatic rings. The fourth-order valence-electron chi connectivity index (χ4n) is 3.91. The minimum Gasteiger partial charge on any atom is -0.497 e. The zero-order valence-corrected chi connectivity index (χ0v) is 16.6. The van der Waals surface area contributed by atoms with E-state index in [1.807, 2.05) is 42.5 Å². The Hall–Kier alpha value is -2.73.